The van der Waals surface area contributed by atoms with E-state index >= 15 is 0 Å². The molecule has 1 aliphatic carbocycles. The molecule has 0 bridgehead atoms. The van der Waals surface area contributed by atoms with Crippen molar-refractivity contribution in [2.24, 2.45) is 5.92 Å². The van der Waals surface area contributed by atoms with Crippen LogP contribution in [-0.2, 0) is 4.79 Å². The Morgan fingerprint density at radius 2 is 1.89 bits per heavy atom. The first kappa shape index (κ1) is 20.0. The quantitative estimate of drug-likeness (QED) is 0.498. The van der Waals surface area contributed by atoms with Crippen molar-refractivity contribution < 1.29 is 9.59 Å². The molecule has 0 aliphatic heterocycles. The van der Waals surface area contributed by atoms with Crippen LogP contribution in [0.2, 0.25) is 5.02 Å². The van der Waals surface area contributed by atoms with Crippen molar-refractivity contribution in [1.82, 2.24) is 16.2 Å². The van der Waals surface area contributed by atoms with Gasteiger partial charge in [0.1, 0.15) is 4.88 Å². The van der Waals surface area contributed by atoms with Crippen LogP contribution in [0.5, 0.6) is 0 Å². The van der Waals surface area contributed by atoms with Crippen molar-refractivity contribution in [3.63, 3.8) is 0 Å². The van der Waals surface area contributed by atoms with Gasteiger partial charge in [0.2, 0.25) is 5.91 Å². The number of carbonyl (C=O) groups is 2. The lowest BCUT2D eigenvalue weighted by Crippen LogP contribution is -2.48. The third-order valence-corrected chi connectivity index (χ3v) is 6.67. The van der Waals surface area contributed by atoms with Crippen LogP contribution in [0.3, 0.4) is 0 Å². The van der Waals surface area contributed by atoms with E-state index in [0.29, 0.717) is 22.2 Å². The van der Waals surface area contributed by atoms with E-state index in [0.717, 1.165) is 16.5 Å². The van der Waals surface area contributed by atoms with Crippen molar-refractivity contribution in [3.8, 4) is 0 Å². The average molecular weight is 424 g/mol. The molecule has 0 unspecified atom stereocenters. The zero-order chi connectivity index (χ0) is 19.2. The average Bonchev–Trinajstić information content (AvgIpc) is 3.02. The fourth-order valence-corrected chi connectivity index (χ4v) is 4.94. The number of amides is 2. The summed E-state index contributed by atoms with van der Waals surface area (Å²) in [5.41, 5.74) is 5.06. The molecule has 1 aromatic carbocycles. The lowest BCUT2D eigenvalue weighted by molar-refractivity contribution is -0.120. The van der Waals surface area contributed by atoms with E-state index in [2.05, 4.69) is 16.2 Å². The van der Waals surface area contributed by atoms with Crippen molar-refractivity contribution in [1.29, 1.82) is 0 Å². The first-order chi connectivity index (χ1) is 13.0. The first-order valence-electron chi connectivity index (χ1n) is 9.12. The molecular formula is C19H22ClN3O2S2. The molecule has 2 aromatic rings. The maximum atomic E-state index is 12.3. The van der Waals surface area contributed by atoms with E-state index < -0.39 is 0 Å². The minimum atomic E-state index is -0.389. The lowest BCUT2D eigenvalue weighted by Gasteiger charge is -2.21. The first-order valence-corrected chi connectivity index (χ1v) is 10.7. The number of benzene rings is 1. The van der Waals surface area contributed by atoms with Gasteiger partial charge in [0.15, 0.2) is 5.11 Å². The van der Waals surface area contributed by atoms with Gasteiger partial charge in [-0.1, -0.05) is 61.9 Å². The van der Waals surface area contributed by atoms with E-state index in [4.69, 9.17) is 23.8 Å². The summed E-state index contributed by atoms with van der Waals surface area (Å²) in [7, 11) is 0. The molecule has 144 valence electrons. The van der Waals surface area contributed by atoms with Crippen molar-refractivity contribution in [2.75, 3.05) is 0 Å². The summed E-state index contributed by atoms with van der Waals surface area (Å²) in [6, 6.07) is 7.55. The molecule has 1 aliphatic rings. The monoisotopic (exact) mass is 423 g/mol. The van der Waals surface area contributed by atoms with Gasteiger partial charge in [-0.25, -0.2) is 0 Å². The van der Waals surface area contributed by atoms with Gasteiger partial charge in [-0.3, -0.25) is 20.4 Å². The van der Waals surface area contributed by atoms with E-state index in [1.54, 1.807) is 0 Å². The van der Waals surface area contributed by atoms with Gasteiger partial charge in [-0.15, -0.1) is 11.3 Å². The maximum absolute atomic E-state index is 12.3. The molecule has 1 fully saturated rings. The van der Waals surface area contributed by atoms with E-state index in [9.17, 15) is 9.59 Å². The third kappa shape index (κ3) is 5.40. The molecule has 0 atom stereocenters. The number of halogens is 1. The van der Waals surface area contributed by atoms with Crippen LogP contribution in [0.1, 0.15) is 54.6 Å². The predicted molar refractivity (Wildman–Crippen MR) is 114 cm³/mol. The standard InChI is InChI=1S/C19H22ClN3O2S2/c20-16-13-8-4-5-9-14(13)27-17(16)18(25)22-23-19(26)21-15(24)11-10-12-6-2-1-3-7-12/h4-5,8-9,12H,1-3,6-7,10-11H2,(H,22,25)(H2,21,23,24,26). The number of hydrogen-bond acceptors (Lipinski definition) is 4. The van der Waals surface area contributed by atoms with Gasteiger partial charge >= 0.3 is 0 Å². The molecule has 0 saturated heterocycles. The smallest absolute Gasteiger partial charge is 0.281 e. The Morgan fingerprint density at radius 1 is 1.15 bits per heavy atom. The Hall–Kier alpha value is -1.70. The highest BCUT2D eigenvalue weighted by Crippen LogP contribution is 2.34. The molecule has 5 nitrogen and oxygen atoms in total. The van der Waals surface area contributed by atoms with E-state index in [1.807, 2.05) is 24.3 Å². The van der Waals surface area contributed by atoms with Crippen molar-refractivity contribution in [3.05, 3.63) is 34.2 Å². The zero-order valence-electron chi connectivity index (χ0n) is 14.8. The second-order valence-corrected chi connectivity index (χ2v) is 8.58. The fourth-order valence-electron chi connectivity index (χ4n) is 3.36. The second kappa shape index (κ2) is 9.48. The SMILES string of the molecule is O=C(CCC1CCCCC1)NC(=S)NNC(=O)c1sc2ccccc2c1Cl. The van der Waals surface area contributed by atoms with Crippen LogP contribution in [0, 0.1) is 5.92 Å². The van der Waals surface area contributed by atoms with Gasteiger partial charge < -0.3 is 5.32 Å². The summed E-state index contributed by atoms with van der Waals surface area (Å²) >= 11 is 12.7. The minimum Gasteiger partial charge on any atom is -0.302 e. The molecule has 3 N–H and O–H groups in total. The number of nitrogens with one attached hydrogen (secondary N) is 3. The summed E-state index contributed by atoms with van der Waals surface area (Å²) < 4.78 is 0.936. The summed E-state index contributed by atoms with van der Waals surface area (Å²) in [6.07, 6.45) is 7.59. The maximum Gasteiger partial charge on any atom is 0.281 e. The Labute approximate surface area is 172 Å². The largest absolute Gasteiger partial charge is 0.302 e. The van der Waals surface area contributed by atoms with Gasteiger partial charge in [-0.2, -0.15) is 0 Å². The number of hydrogen-bond donors (Lipinski definition) is 3. The topological polar surface area (TPSA) is 70.2 Å². The van der Waals surface area contributed by atoms with Crippen molar-refractivity contribution >= 4 is 62.2 Å². The Kier molecular flexibility index (Phi) is 7.04. The molecule has 0 spiro atoms. The van der Waals surface area contributed by atoms with Gasteiger partial charge in [0.25, 0.3) is 5.91 Å². The predicted octanol–water partition coefficient (Wildman–Crippen LogP) is 4.55. The van der Waals surface area contributed by atoms with E-state index in [-0.39, 0.29) is 16.9 Å². The van der Waals surface area contributed by atoms with E-state index in [1.165, 1.54) is 43.4 Å². The molecule has 27 heavy (non-hydrogen) atoms. The highest BCUT2D eigenvalue weighted by Gasteiger charge is 2.18. The van der Waals surface area contributed by atoms with Gasteiger partial charge in [-0.05, 0) is 30.6 Å². The van der Waals surface area contributed by atoms with Crippen LogP contribution in [0.15, 0.2) is 24.3 Å². The molecular weight excluding hydrogens is 402 g/mol. The Morgan fingerprint density at radius 3 is 2.63 bits per heavy atom. The number of carbonyl (C=O) groups excluding carboxylic acids is 2. The van der Waals surface area contributed by atoms with Gasteiger partial charge in [0, 0.05) is 16.5 Å². The number of rotatable bonds is 4. The summed E-state index contributed by atoms with van der Waals surface area (Å²) in [6.45, 7) is 0. The van der Waals surface area contributed by atoms with Crippen molar-refractivity contribution in [2.45, 2.75) is 44.9 Å². The summed E-state index contributed by atoms with van der Waals surface area (Å²) in [5, 5.41) is 3.94. The molecule has 8 heteroatoms. The van der Waals surface area contributed by atoms with Crippen LogP contribution in [-0.4, -0.2) is 16.9 Å². The van der Waals surface area contributed by atoms with Crippen LogP contribution >= 0.6 is 35.2 Å². The Bertz CT molecular complexity index is 847. The molecule has 1 aromatic heterocycles. The number of fused-ring (bicyclic) bond motifs is 1. The Balaban J connectivity index is 1.44. The fraction of sp³-hybridized carbons (Fsp3) is 0.421. The number of thiophene rings is 1. The molecule has 1 saturated carbocycles. The lowest BCUT2D eigenvalue weighted by atomic mass is 9.86. The normalized spacial score (nSPS) is 14.7. The molecule has 3 rings (SSSR count). The summed E-state index contributed by atoms with van der Waals surface area (Å²) in [5.74, 6) is 0.119. The zero-order valence-corrected chi connectivity index (χ0v) is 17.2. The van der Waals surface area contributed by atoms with Crippen LogP contribution in [0.25, 0.3) is 10.1 Å². The van der Waals surface area contributed by atoms with Crippen LogP contribution in [0.4, 0.5) is 0 Å². The number of thiocarbonyl (C=S) groups is 1. The van der Waals surface area contributed by atoms with Crippen LogP contribution < -0.4 is 16.2 Å². The second-order valence-electron chi connectivity index (χ2n) is 6.74. The summed E-state index contributed by atoms with van der Waals surface area (Å²) in [4.78, 5) is 24.7. The molecule has 0 radical (unpaired) electrons. The highest BCUT2D eigenvalue weighted by atomic mass is 35.5. The molecule has 1 heterocycles. The molecule has 2 amide bonds. The minimum absolute atomic E-state index is 0.0780. The van der Waals surface area contributed by atoms with Gasteiger partial charge in [0.05, 0.1) is 5.02 Å². The number of hydrazine groups is 1. The highest BCUT2D eigenvalue weighted by molar-refractivity contribution is 7.80. The third-order valence-electron chi connectivity index (χ3n) is 4.79.